The van der Waals surface area contributed by atoms with E-state index in [2.05, 4.69) is 31.2 Å². The summed E-state index contributed by atoms with van der Waals surface area (Å²) < 4.78 is 20.4. The number of amides is 1. The molecule has 2 atom stereocenters. The summed E-state index contributed by atoms with van der Waals surface area (Å²) in [6.07, 6.45) is 4.40. The Morgan fingerprint density at radius 3 is 2.77 bits per heavy atom. The van der Waals surface area contributed by atoms with Crippen LogP contribution in [0.4, 0.5) is 4.39 Å². The van der Waals surface area contributed by atoms with Crippen LogP contribution in [0.3, 0.4) is 0 Å². The van der Waals surface area contributed by atoms with E-state index in [1.807, 2.05) is 35.0 Å². The summed E-state index contributed by atoms with van der Waals surface area (Å²) in [5.74, 6) is 0.0865. The summed E-state index contributed by atoms with van der Waals surface area (Å²) in [6.45, 7) is 10.8. The summed E-state index contributed by atoms with van der Waals surface area (Å²) in [6, 6.07) is 4.82. The van der Waals surface area contributed by atoms with Crippen molar-refractivity contribution in [3.05, 3.63) is 53.1 Å². The van der Waals surface area contributed by atoms with Crippen molar-refractivity contribution in [2.45, 2.75) is 58.8 Å². The molecule has 3 rings (SSSR count). The number of aryl methyl sites for hydroxylation is 1. The predicted octanol–water partition coefficient (Wildman–Crippen LogP) is 3.45. The third kappa shape index (κ3) is 5.08. The van der Waals surface area contributed by atoms with Crippen molar-refractivity contribution in [2.75, 3.05) is 20.3 Å². The van der Waals surface area contributed by atoms with Crippen molar-refractivity contribution >= 4 is 5.91 Å². The zero-order chi connectivity index (χ0) is 21.9. The van der Waals surface area contributed by atoms with Crippen LogP contribution >= 0.6 is 0 Å². The van der Waals surface area contributed by atoms with E-state index < -0.39 is 0 Å². The monoisotopic (exact) mass is 416 g/mol. The molecule has 2 aromatic rings. The maximum Gasteiger partial charge on any atom is 0.223 e. The van der Waals surface area contributed by atoms with E-state index in [4.69, 9.17) is 4.74 Å². The second-order valence-corrected chi connectivity index (χ2v) is 9.07. The SMILES string of the molecule is COCCn1cc([C@H]2[C@H](CNCc3ccc(F)cc3C)CC(=O)N2C(C)(C)C)cn1. The largest absolute Gasteiger partial charge is 0.383 e. The van der Waals surface area contributed by atoms with Gasteiger partial charge in [0, 0.05) is 49.8 Å². The quantitative estimate of drug-likeness (QED) is 0.716. The van der Waals surface area contributed by atoms with Crippen LogP contribution in [-0.2, 0) is 22.6 Å². The summed E-state index contributed by atoms with van der Waals surface area (Å²) in [5.41, 5.74) is 2.77. The summed E-state index contributed by atoms with van der Waals surface area (Å²) in [7, 11) is 1.67. The summed E-state index contributed by atoms with van der Waals surface area (Å²) in [5, 5.41) is 7.95. The lowest BCUT2D eigenvalue weighted by molar-refractivity contribution is -0.133. The number of carbonyl (C=O) groups is 1. The van der Waals surface area contributed by atoms with E-state index in [0.717, 1.165) is 16.7 Å². The Bertz CT molecular complexity index is 874. The highest BCUT2D eigenvalue weighted by atomic mass is 19.1. The van der Waals surface area contributed by atoms with Gasteiger partial charge in [0.15, 0.2) is 0 Å². The van der Waals surface area contributed by atoms with Crippen molar-refractivity contribution < 1.29 is 13.9 Å². The van der Waals surface area contributed by atoms with E-state index in [0.29, 0.717) is 32.7 Å². The molecule has 0 spiro atoms. The minimum atomic E-state index is -0.279. The van der Waals surface area contributed by atoms with Gasteiger partial charge in [0.25, 0.3) is 0 Å². The van der Waals surface area contributed by atoms with Crippen LogP contribution in [0.15, 0.2) is 30.6 Å². The molecule has 1 aliphatic rings. The lowest BCUT2D eigenvalue weighted by atomic mass is 9.93. The van der Waals surface area contributed by atoms with Gasteiger partial charge in [-0.25, -0.2) is 4.39 Å². The molecule has 0 saturated carbocycles. The molecule has 2 heterocycles. The molecule has 30 heavy (non-hydrogen) atoms. The highest BCUT2D eigenvalue weighted by molar-refractivity contribution is 5.80. The fourth-order valence-corrected chi connectivity index (χ4v) is 4.29. The van der Waals surface area contributed by atoms with Crippen LogP contribution in [-0.4, -0.2) is 46.4 Å². The molecule has 1 N–H and O–H groups in total. The third-order valence-corrected chi connectivity index (χ3v) is 5.70. The molecule has 0 aliphatic carbocycles. The maximum atomic E-state index is 13.4. The normalized spacial score (nSPS) is 19.7. The number of methoxy groups -OCH3 is 1. The van der Waals surface area contributed by atoms with Crippen molar-refractivity contribution in [1.29, 1.82) is 0 Å². The topological polar surface area (TPSA) is 59.4 Å². The van der Waals surface area contributed by atoms with Crippen LogP contribution < -0.4 is 5.32 Å². The molecule has 1 saturated heterocycles. The molecule has 1 aliphatic heterocycles. The number of carbonyl (C=O) groups excluding carboxylic acids is 1. The number of ether oxygens (including phenoxy) is 1. The van der Waals surface area contributed by atoms with Gasteiger partial charge in [-0.2, -0.15) is 5.10 Å². The molecule has 1 fully saturated rings. The molecule has 7 heteroatoms. The Balaban J connectivity index is 1.75. The lowest BCUT2D eigenvalue weighted by Gasteiger charge is -2.38. The van der Waals surface area contributed by atoms with Crippen LogP contribution in [0.5, 0.6) is 0 Å². The maximum absolute atomic E-state index is 13.4. The van der Waals surface area contributed by atoms with Crippen LogP contribution in [0.25, 0.3) is 0 Å². The van der Waals surface area contributed by atoms with E-state index in [9.17, 15) is 9.18 Å². The van der Waals surface area contributed by atoms with Gasteiger partial charge in [0.05, 0.1) is 25.4 Å². The number of hydrogen-bond donors (Lipinski definition) is 1. The fourth-order valence-electron chi connectivity index (χ4n) is 4.29. The average molecular weight is 417 g/mol. The first kappa shape index (κ1) is 22.4. The van der Waals surface area contributed by atoms with Gasteiger partial charge >= 0.3 is 0 Å². The first-order valence-electron chi connectivity index (χ1n) is 10.5. The molecule has 6 nitrogen and oxygen atoms in total. The molecular formula is C23H33FN4O2. The van der Waals surface area contributed by atoms with E-state index in [1.165, 1.54) is 6.07 Å². The lowest BCUT2D eigenvalue weighted by Crippen LogP contribution is -2.44. The first-order valence-corrected chi connectivity index (χ1v) is 10.5. The number of aromatic nitrogens is 2. The van der Waals surface area contributed by atoms with Crippen LogP contribution in [0.1, 0.15) is 49.9 Å². The number of nitrogens with zero attached hydrogens (tertiary/aromatic N) is 3. The standard InChI is InChI=1S/C23H33FN4O2/c1-16-10-20(24)7-6-17(16)12-25-13-18-11-21(29)28(23(2,3)4)22(18)19-14-26-27(15-19)8-9-30-5/h6-7,10,14-15,18,22,25H,8-9,11-13H2,1-5H3/t18-,22+/m0/s1. The third-order valence-electron chi connectivity index (χ3n) is 5.70. The van der Waals surface area contributed by atoms with Crippen LogP contribution in [0, 0.1) is 18.7 Å². The summed E-state index contributed by atoms with van der Waals surface area (Å²) >= 11 is 0. The molecule has 0 radical (unpaired) electrons. The zero-order valence-corrected chi connectivity index (χ0v) is 18.6. The molecule has 1 amide bonds. The second-order valence-electron chi connectivity index (χ2n) is 9.07. The molecule has 164 valence electrons. The first-order chi connectivity index (χ1) is 14.2. The Morgan fingerprint density at radius 2 is 2.10 bits per heavy atom. The van der Waals surface area contributed by atoms with Gasteiger partial charge in [0.2, 0.25) is 5.91 Å². The van der Waals surface area contributed by atoms with E-state index in [-0.39, 0.29) is 29.2 Å². The van der Waals surface area contributed by atoms with Gasteiger partial charge in [-0.3, -0.25) is 9.48 Å². The van der Waals surface area contributed by atoms with E-state index in [1.54, 1.807) is 13.2 Å². The van der Waals surface area contributed by atoms with Crippen molar-refractivity contribution in [2.24, 2.45) is 5.92 Å². The molecule has 0 bridgehead atoms. The highest BCUT2D eigenvalue weighted by Crippen LogP contribution is 2.42. The minimum Gasteiger partial charge on any atom is -0.383 e. The van der Waals surface area contributed by atoms with Crippen molar-refractivity contribution in [1.82, 2.24) is 20.0 Å². The smallest absolute Gasteiger partial charge is 0.223 e. The minimum absolute atomic E-state index is 0.0318. The van der Waals surface area contributed by atoms with E-state index >= 15 is 0 Å². The van der Waals surface area contributed by atoms with Crippen LogP contribution in [0.2, 0.25) is 0 Å². The number of halogens is 1. The Morgan fingerprint density at radius 1 is 1.33 bits per heavy atom. The number of nitrogens with one attached hydrogen (secondary N) is 1. The molecule has 0 unspecified atom stereocenters. The number of rotatable bonds is 8. The van der Waals surface area contributed by atoms with Gasteiger partial charge in [0.1, 0.15) is 5.82 Å². The second kappa shape index (κ2) is 9.27. The number of likely N-dealkylation sites (tertiary alicyclic amines) is 1. The Kier molecular flexibility index (Phi) is 6.93. The molecular weight excluding hydrogens is 383 g/mol. The molecule has 1 aromatic carbocycles. The number of hydrogen-bond acceptors (Lipinski definition) is 4. The molecule has 1 aromatic heterocycles. The van der Waals surface area contributed by atoms with Gasteiger partial charge in [-0.1, -0.05) is 6.07 Å². The van der Waals surface area contributed by atoms with Gasteiger partial charge in [-0.05, 0) is 51.0 Å². The van der Waals surface area contributed by atoms with Gasteiger partial charge in [-0.15, -0.1) is 0 Å². The average Bonchev–Trinajstić information content (AvgIpc) is 3.25. The summed E-state index contributed by atoms with van der Waals surface area (Å²) in [4.78, 5) is 14.9. The van der Waals surface area contributed by atoms with Gasteiger partial charge < -0.3 is 15.0 Å². The Labute approximate surface area is 178 Å². The Hall–Kier alpha value is -2.25. The van der Waals surface area contributed by atoms with Crippen molar-refractivity contribution in [3.63, 3.8) is 0 Å². The van der Waals surface area contributed by atoms with Crippen molar-refractivity contribution in [3.8, 4) is 0 Å². The predicted molar refractivity (Wildman–Crippen MR) is 114 cm³/mol. The highest BCUT2D eigenvalue weighted by Gasteiger charge is 2.45. The number of benzene rings is 1. The zero-order valence-electron chi connectivity index (χ0n) is 18.6. The fraction of sp³-hybridized carbons (Fsp3) is 0.565.